The molecular formula is C19H27N3O4. The average molecular weight is 361 g/mol. The number of rotatable bonds is 8. The minimum atomic E-state index is -0.519. The molecule has 2 rings (SSSR count). The summed E-state index contributed by atoms with van der Waals surface area (Å²) in [6.07, 6.45) is 1.32. The lowest BCUT2D eigenvalue weighted by Crippen LogP contribution is -2.46. The molecule has 1 N–H and O–H groups in total. The molecule has 1 aromatic heterocycles. The lowest BCUT2D eigenvalue weighted by Gasteiger charge is -2.23. The van der Waals surface area contributed by atoms with Gasteiger partial charge in [0.1, 0.15) is 6.04 Å². The van der Waals surface area contributed by atoms with Crippen molar-refractivity contribution in [2.24, 2.45) is 5.92 Å². The van der Waals surface area contributed by atoms with Crippen LogP contribution in [0.1, 0.15) is 33.1 Å². The molecular weight excluding hydrogens is 334 g/mol. The van der Waals surface area contributed by atoms with E-state index >= 15 is 0 Å². The Morgan fingerprint density at radius 2 is 1.92 bits per heavy atom. The second-order valence-corrected chi connectivity index (χ2v) is 7.07. The number of aromatic nitrogens is 1. The van der Waals surface area contributed by atoms with Crippen LogP contribution in [0.25, 0.3) is 11.1 Å². The zero-order chi connectivity index (χ0) is 19.3. The van der Waals surface area contributed by atoms with Crippen LogP contribution in [0.4, 0.5) is 0 Å². The standard InChI is InChI=1S/C19H27N3O4/c1-13(2)12-14(18(24)21(3)4)20-17(23)10-7-11-22-15-8-5-6-9-16(15)26-19(22)25/h5-6,8-9,13-14H,7,10-12H2,1-4H3,(H,20,23)/t14-/m0/s1. The third-order valence-electron chi connectivity index (χ3n) is 4.14. The van der Waals surface area contributed by atoms with Crippen molar-refractivity contribution in [3.63, 3.8) is 0 Å². The fourth-order valence-corrected chi connectivity index (χ4v) is 2.89. The van der Waals surface area contributed by atoms with Gasteiger partial charge in [-0.3, -0.25) is 14.2 Å². The number of carbonyl (C=O) groups is 2. The van der Waals surface area contributed by atoms with Crippen molar-refractivity contribution in [2.45, 2.75) is 45.7 Å². The van der Waals surface area contributed by atoms with E-state index in [1.807, 2.05) is 26.0 Å². The molecule has 142 valence electrons. The Morgan fingerprint density at radius 1 is 1.23 bits per heavy atom. The fraction of sp³-hybridized carbons (Fsp3) is 0.526. The molecule has 0 fully saturated rings. The zero-order valence-corrected chi connectivity index (χ0v) is 15.8. The summed E-state index contributed by atoms with van der Waals surface area (Å²) >= 11 is 0. The largest absolute Gasteiger partial charge is 0.419 e. The first kappa shape index (κ1) is 19.8. The summed E-state index contributed by atoms with van der Waals surface area (Å²) in [5.41, 5.74) is 1.26. The van der Waals surface area contributed by atoms with Crippen molar-refractivity contribution in [3.05, 3.63) is 34.8 Å². The van der Waals surface area contributed by atoms with Crippen molar-refractivity contribution in [1.29, 1.82) is 0 Å². The van der Waals surface area contributed by atoms with Gasteiger partial charge in [-0.2, -0.15) is 0 Å². The van der Waals surface area contributed by atoms with Crippen LogP contribution in [0.3, 0.4) is 0 Å². The maximum atomic E-state index is 12.2. The molecule has 7 nitrogen and oxygen atoms in total. The number of benzene rings is 1. The van der Waals surface area contributed by atoms with Gasteiger partial charge in [-0.1, -0.05) is 26.0 Å². The van der Waals surface area contributed by atoms with Crippen LogP contribution in [0.5, 0.6) is 0 Å². The predicted molar refractivity (Wildman–Crippen MR) is 99.8 cm³/mol. The average Bonchev–Trinajstić information content (AvgIpc) is 2.89. The van der Waals surface area contributed by atoms with E-state index in [9.17, 15) is 14.4 Å². The molecule has 0 saturated heterocycles. The number of carbonyl (C=O) groups excluding carboxylic acids is 2. The predicted octanol–water partition coefficient (Wildman–Crippen LogP) is 1.99. The Bertz CT molecular complexity index is 820. The normalized spacial score (nSPS) is 12.3. The van der Waals surface area contributed by atoms with E-state index in [0.29, 0.717) is 30.9 Å². The zero-order valence-electron chi connectivity index (χ0n) is 15.8. The Balaban J connectivity index is 1.93. The summed E-state index contributed by atoms with van der Waals surface area (Å²) < 4.78 is 6.71. The number of nitrogens with zero attached hydrogens (tertiary/aromatic N) is 2. The summed E-state index contributed by atoms with van der Waals surface area (Å²) in [6, 6.07) is 6.68. The van der Waals surface area contributed by atoms with Gasteiger partial charge >= 0.3 is 5.76 Å². The Hall–Kier alpha value is -2.57. The molecule has 0 spiro atoms. The summed E-state index contributed by atoms with van der Waals surface area (Å²) in [5, 5.41) is 2.82. The van der Waals surface area contributed by atoms with Crippen LogP contribution >= 0.6 is 0 Å². The molecule has 26 heavy (non-hydrogen) atoms. The van der Waals surface area contributed by atoms with E-state index in [2.05, 4.69) is 5.32 Å². The molecule has 0 radical (unpaired) electrons. The third kappa shape index (κ3) is 4.97. The molecule has 0 bridgehead atoms. The summed E-state index contributed by atoms with van der Waals surface area (Å²) in [7, 11) is 3.36. The number of likely N-dealkylation sites (N-methyl/N-ethyl adjacent to an activating group) is 1. The van der Waals surface area contributed by atoms with E-state index in [4.69, 9.17) is 4.42 Å². The third-order valence-corrected chi connectivity index (χ3v) is 4.14. The van der Waals surface area contributed by atoms with Crippen molar-refractivity contribution < 1.29 is 14.0 Å². The highest BCUT2D eigenvalue weighted by molar-refractivity contribution is 5.87. The van der Waals surface area contributed by atoms with Crippen LogP contribution < -0.4 is 11.1 Å². The number of fused-ring (bicyclic) bond motifs is 1. The van der Waals surface area contributed by atoms with E-state index in [1.165, 1.54) is 9.47 Å². The van der Waals surface area contributed by atoms with Crippen molar-refractivity contribution in [1.82, 2.24) is 14.8 Å². The van der Waals surface area contributed by atoms with Crippen LogP contribution in [0, 0.1) is 5.92 Å². The Labute approximate surface area is 153 Å². The molecule has 1 heterocycles. The minimum Gasteiger partial charge on any atom is -0.408 e. The van der Waals surface area contributed by atoms with Gasteiger partial charge in [0.2, 0.25) is 11.8 Å². The Kier molecular flexibility index (Phi) is 6.60. The number of para-hydroxylation sites is 2. The highest BCUT2D eigenvalue weighted by atomic mass is 16.4. The molecule has 0 saturated carbocycles. The van der Waals surface area contributed by atoms with Gasteiger partial charge in [0, 0.05) is 27.1 Å². The maximum absolute atomic E-state index is 12.2. The van der Waals surface area contributed by atoms with E-state index in [-0.39, 0.29) is 18.2 Å². The number of nitrogens with one attached hydrogen (secondary N) is 1. The topological polar surface area (TPSA) is 84.5 Å². The van der Waals surface area contributed by atoms with Crippen LogP contribution in [-0.4, -0.2) is 41.4 Å². The quantitative estimate of drug-likeness (QED) is 0.779. The molecule has 1 aromatic carbocycles. The van der Waals surface area contributed by atoms with E-state index < -0.39 is 11.8 Å². The van der Waals surface area contributed by atoms with Gasteiger partial charge < -0.3 is 14.6 Å². The first-order valence-electron chi connectivity index (χ1n) is 8.88. The van der Waals surface area contributed by atoms with Gasteiger partial charge in [-0.25, -0.2) is 4.79 Å². The molecule has 0 unspecified atom stereocenters. The first-order chi connectivity index (χ1) is 12.3. The minimum absolute atomic E-state index is 0.107. The van der Waals surface area contributed by atoms with E-state index in [1.54, 1.807) is 26.2 Å². The SMILES string of the molecule is CC(C)C[C@H](NC(=O)CCCn1c(=O)oc2ccccc21)C(=O)N(C)C. The molecule has 1 atom stereocenters. The first-order valence-corrected chi connectivity index (χ1v) is 8.88. The molecule has 7 heteroatoms. The summed E-state index contributed by atoms with van der Waals surface area (Å²) in [5.74, 6) is -0.428. The lowest BCUT2D eigenvalue weighted by molar-refractivity contribution is -0.134. The van der Waals surface area contributed by atoms with Gasteiger partial charge in [0.25, 0.3) is 0 Å². The Morgan fingerprint density at radius 3 is 2.58 bits per heavy atom. The second kappa shape index (κ2) is 8.69. The summed E-state index contributed by atoms with van der Waals surface area (Å²) in [4.78, 5) is 37.9. The second-order valence-electron chi connectivity index (χ2n) is 7.07. The maximum Gasteiger partial charge on any atom is 0.419 e. The smallest absolute Gasteiger partial charge is 0.408 e. The number of hydrogen-bond acceptors (Lipinski definition) is 4. The highest BCUT2D eigenvalue weighted by Crippen LogP contribution is 2.12. The van der Waals surface area contributed by atoms with Crippen LogP contribution in [-0.2, 0) is 16.1 Å². The molecule has 0 aliphatic heterocycles. The van der Waals surface area contributed by atoms with Crippen molar-refractivity contribution >= 4 is 22.9 Å². The van der Waals surface area contributed by atoms with Gasteiger partial charge in [-0.15, -0.1) is 0 Å². The van der Waals surface area contributed by atoms with Crippen molar-refractivity contribution in [3.8, 4) is 0 Å². The molecule has 2 aromatic rings. The highest BCUT2D eigenvalue weighted by Gasteiger charge is 2.23. The number of hydrogen-bond donors (Lipinski definition) is 1. The molecule has 0 aliphatic carbocycles. The number of amides is 2. The van der Waals surface area contributed by atoms with Crippen LogP contribution in [0.15, 0.2) is 33.5 Å². The summed E-state index contributed by atoms with van der Waals surface area (Å²) in [6.45, 7) is 4.41. The molecule has 0 aliphatic rings. The lowest BCUT2D eigenvalue weighted by atomic mass is 10.0. The number of aryl methyl sites for hydroxylation is 1. The van der Waals surface area contributed by atoms with Gasteiger partial charge in [0.15, 0.2) is 5.58 Å². The van der Waals surface area contributed by atoms with Crippen molar-refractivity contribution in [2.75, 3.05) is 14.1 Å². The van der Waals surface area contributed by atoms with Gasteiger partial charge in [0.05, 0.1) is 5.52 Å². The monoisotopic (exact) mass is 361 g/mol. The van der Waals surface area contributed by atoms with E-state index in [0.717, 1.165) is 5.52 Å². The number of oxazole rings is 1. The van der Waals surface area contributed by atoms with Crippen LogP contribution in [0.2, 0.25) is 0 Å². The fourth-order valence-electron chi connectivity index (χ4n) is 2.89. The molecule has 2 amide bonds. The van der Waals surface area contributed by atoms with Gasteiger partial charge in [-0.05, 0) is 30.9 Å².